The van der Waals surface area contributed by atoms with Crippen molar-refractivity contribution in [2.75, 3.05) is 12.4 Å². The minimum Gasteiger partial charge on any atom is -0.382 e. The predicted molar refractivity (Wildman–Crippen MR) is 88.1 cm³/mol. The summed E-state index contributed by atoms with van der Waals surface area (Å²) in [7, 11) is 1.71. The molecule has 5 heteroatoms. The van der Waals surface area contributed by atoms with Crippen LogP contribution in [0.25, 0.3) is 0 Å². The molecule has 0 unspecified atom stereocenters. The van der Waals surface area contributed by atoms with Crippen LogP contribution in [0.2, 0.25) is 0 Å². The molecular formula is C16H18N2O2S. The average molecular weight is 302 g/mol. The minimum absolute atomic E-state index is 0.121. The maximum absolute atomic E-state index is 11.0. The van der Waals surface area contributed by atoms with Gasteiger partial charge in [-0.1, -0.05) is 18.2 Å². The molecule has 0 spiro atoms. The number of benzene rings is 2. The van der Waals surface area contributed by atoms with E-state index < -0.39 is 0 Å². The summed E-state index contributed by atoms with van der Waals surface area (Å²) < 4.78 is 0. The molecular weight excluding hydrogens is 284 g/mol. The number of nitro groups is 1. The van der Waals surface area contributed by atoms with E-state index >= 15 is 0 Å². The van der Waals surface area contributed by atoms with Gasteiger partial charge in [-0.25, -0.2) is 0 Å². The number of nitro benzene ring substituents is 1. The highest BCUT2D eigenvalue weighted by Gasteiger charge is 2.16. The zero-order valence-electron chi connectivity index (χ0n) is 12.3. The Morgan fingerprint density at radius 2 is 1.95 bits per heavy atom. The Morgan fingerprint density at radius 1 is 1.19 bits per heavy atom. The van der Waals surface area contributed by atoms with Crippen LogP contribution in [0, 0.1) is 24.0 Å². The van der Waals surface area contributed by atoms with E-state index in [4.69, 9.17) is 0 Å². The number of thioether (sulfide) groups is 1. The molecule has 0 atom stereocenters. The van der Waals surface area contributed by atoms with Crippen molar-refractivity contribution in [1.29, 1.82) is 0 Å². The van der Waals surface area contributed by atoms with Crippen LogP contribution >= 0.6 is 11.8 Å². The first-order chi connectivity index (χ1) is 10.0. The first kappa shape index (κ1) is 15.4. The van der Waals surface area contributed by atoms with Crippen molar-refractivity contribution in [2.45, 2.75) is 24.5 Å². The lowest BCUT2D eigenvalue weighted by atomic mass is 10.1. The first-order valence-electron chi connectivity index (χ1n) is 6.67. The highest BCUT2D eigenvalue weighted by molar-refractivity contribution is 7.98. The third-order valence-electron chi connectivity index (χ3n) is 3.45. The second-order valence-corrected chi connectivity index (χ2v) is 5.90. The second-order valence-electron chi connectivity index (χ2n) is 4.85. The number of anilines is 1. The fourth-order valence-electron chi connectivity index (χ4n) is 2.11. The van der Waals surface area contributed by atoms with Crippen molar-refractivity contribution >= 4 is 23.1 Å². The fourth-order valence-corrected chi connectivity index (χ4v) is 3.10. The molecule has 0 radical (unpaired) electrons. The lowest BCUT2D eigenvalue weighted by molar-refractivity contribution is -0.384. The summed E-state index contributed by atoms with van der Waals surface area (Å²) in [6.07, 6.45) is 0. The summed E-state index contributed by atoms with van der Waals surface area (Å²) in [6.45, 7) is 4.18. The standard InChI is InChI=1S/C16H18N2O2S/c1-11-7-8-14(9-12(11)2)21-10-13-5-4-6-15(18(19)20)16(13)17-3/h4-9,17H,10H2,1-3H3. The van der Waals surface area contributed by atoms with E-state index in [9.17, 15) is 10.1 Å². The van der Waals surface area contributed by atoms with Crippen molar-refractivity contribution in [3.63, 3.8) is 0 Å². The van der Waals surface area contributed by atoms with Gasteiger partial charge in [0.05, 0.1) is 4.92 Å². The van der Waals surface area contributed by atoms with Crippen LogP contribution in [-0.2, 0) is 5.75 Å². The van der Waals surface area contributed by atoms with Crippen molar-refractivity contribution in [2.24, 2.45) is 0 Å². The first-order valence-corrected chi connectivity index (χ1v) is 7.65. The molecule has 0 saturated carbocycles. The smallest absolute Gasteiger partial charge is 0.292 e. The van der Waals surface area contributed by atoms with Gasteiger partial charge in [0.15, 0.2) is 0 Å². The topological polar surface area (TPSA) is 55.2 Å². The fraction of sp³-hybridized carbons (Fsp3) is 0.250. The normalized spacial score (nSPS) is 10.4. The maximum atomic E-state index is 11.0. The van der Waals surface area contributed by atoms with Gasteiger partial charge in [-0.3, -0.25) is 10.1 Å². The summed E-state index contributed by atoms with van der Waals surface area (Å²) >= 11 is 1.68. The molecule has 0 aliphatic rings. The van der Waals surface area contributed by atoms with Crippen LogP contribution in [0.1, 0.15) is 16.7 Å². The number of para-hydroxylation sites is 1. The predicted octanol–water partition coefficient (Wildman–Crippen LogP) is 4.55. The Hall–Kier alpha value is -2.01. The van der Waals surface area contributed by atoms with Gasteiger partial charge in [0.1, 0.15) is 5.69 Å². The van der Waals surface area contributed by atoms with Gasteiger partial charge in [-0.15, -0.1) is 11.8 Å². The van der Waals surface area contributed by atoms with Crippen molar-refractivity contribution in [3.8, 4) is 0 Å². The molecule has 0 amide bonds. The second kappa shape index (κ2) is 6.63. The molecule has 1 N–H and O–H groups in total. The van der Waals surface area contributed by atoms with Crippen molar-refractivity contribution in [1.82, 2.24) is 0 Å². The molecule has 0 fully saturated rings. The van der Waals surface area contributed by atoms with E-state index in [2.05, 4.69) is 37.4 Å². The van der Waals surface area contributed by atoms with Crippen LogP contribution in [0.5, 0.6) is 0 Å². The van der Waals surface area contributed by atoms with Crippen LogP contribution < -0.4 is 5.32 Å². The summed E-state index contributed by atoms with van der Waals surface area (Å²) in [4.78, 5) is 11.9. The summed E-state index contributed by atoms with van der Waals surface area (Å²) in [5.41, 5.74) is 4.18. The van der Waals surface area contributed by atoms with E-state index in [1.807, 2.05) is 6.07 Å². The number of rotatable bonds is 5. The summed E-state index contributed by atoms with van der Waals surface area (Å²) in [5, 5.41) is 14.0. The molecule has 2 aromatic rings. The number of hydrogen-bond acceptors (Lipinski definition) is 4. The molecule has 110 valence electrons. The lowest BCUT2D eigenvalue weighted by Crippen LogP contribution is -2.00. The van der Waals surface area contributed by atoms with Gasteiger partial charge >= 0.3 is 0 Å². The van der Waals surface area contributed by atoms with Gasteiger partial charge in [-0.2, -0.15) is 0 Å². The Bertz CT molecular complexity index is 671. The highest BCUT2D eigenvalue weighted by Crippen LogP contribution is 2.33. The van der Waals surface area contributed by atoms with E-state index in [1.54, 1.807) is 24.9 Å². The molecule has 0 aliphatic carbocycles. The highest BCUT2D eigenvalue weighted by atomic mass is 32.2. The Labute approximate surface area is 128 Å². The zero-order chi connectivity index (χ0) is 15.4. The van der Waals surface area contributed by atoms with Gasteiger partial charge in [0.25, 0.3) is 5.69 Å². The third-order valence-corrected chi connectivity index (χ3v) is 4.49. The van der Waals surface area contributed by atoms with Gasteiger partial charge in [0, 0.05) is 23.8 Å². The molecule has 2 rings (SSSR count). The summed E-state index contributed by atoms with van der Waals surface area (Å²) in [6, 6.07) is 11.5. The van der Waals surface area contributed by atoms with Gasteiger partial charge in [0.2, 0.25) is 0 Å². The number of nitrogens with one attached hydrogen (secondary N) is 1. The Kier molecular flexibility index (Phi) is 4.85. The SMILES string of the molecule is CNc1c(CSc2ccc(C)c(C)c2)cccc1[N+](=O)[O-]. The van der Waals surface area contributed by atoms with Crippen LogP contribution in [0.4, 0.5) is 11.4 Å². The molecule has 2 aromatic carbocycles. The van der Waals surface area contributed by atoms with Crippen molar-refractivity contribution in [3.05, 3.63) is 63.2 Å². The van der Waals surface area contributed by atoms with Crippen LogP contribution in [-0.4, -0.2) is 12.0 Å². The zero-order valence-corrected chi connectivity index (χ0v) is 13.2. The van der Waals surface area contributed by atoms with Crippen LogP contribution in [0.15, 0.2) is 41.3 Å². The quantitative estimate of drug-likeness (QED) is 0.500. The van der Waals surface area contributed by atoms with E-state index in [0.717, 1.165) is 5.56 Å². The van der Waals surface area contributed by atoms with Gasteiger partial charge < -0.3 is 5.32 Å². The molecule has 4 nitrogen and oxygen atoms in total. The Morgan fingerprint density at radius 3 is 2.57 bits per heavy atom. The van der Waals surface area contributed by atoms with E-state index in [1.165, 1.54) is 22.1 Å². The Balaban J connectivity index is 2.21. The molecule has 0 saturated heterocycles. The molecule has 0 bridgehead atoms. The monoisotopic (exact) mass is 302 g/mol. The average Bonchev–Trinajstić information content (AvgIpc) is 2.47. The largest absolute Gasteiger partial charge is 0.382 e. The number of nitrogens with zero attached hydrogens (tertiary/aromatic N) is 1. The minimum atomic E-state index is -0.351. The molecule has 21 heavy (non-hydrogen) atoms. The maximum Gasteiger partial charge on any atom is 0.292 e. The number of aryl methyl sites for hydroxylation is 2. The van der Waals surface area contributed by atoms with Gasteiger partial charge in [-0.05, 0) is 42.7 Å². The van der Waals surface area contributed by atoms with Crippen molar-refractivity contribution < 1.29 is 4.92 Å². The third kappa shape index (κ3) is 3.55. The molecule has 0 heterocycles. The van der Waals surface area contributed by atoms with E-state index in [0.29, 0.717) is 11.4 Å². The van der Waals surface area contributed by atoms with E-state index in [-0.39, 0.29) is 10.6 Å². The van der Waals surface area contributed by atoms with Crippen LogP contribution in [0.3, 0.4) is 0 Å². The summed E-state index contributed by atoms with van der Waals surface area (Å²) in [5.74, 6) is 0.695. The molecule has 0 aromatic heterocycles. The lowest BCUT2D eigenvalue weighted by Gasteiger charge is -2.10. The number of hydrogen-bond donors (Lipinski definition) is 1. The molecule has 0 aliphatic heterocycles.